The van der Waals surface area contributed by atoms with Gasteiger partial charge in [0, 0.05) is 27.8 Å². The fourth-order valence-corrected chi connectivity index (χ4v) is 4.19. The highest BCUT2D eigenvalue weighted by molar-refractivity contribution is 8.12. The predicted molar refractivity (Wildman–Crippen MR) is 98.1 cm³/mol. The molecule has 2 amide bonds. The number of carbonyl (C=O) groups excluding carboxylic acids is 2. The van der Waals surface area contributed by atoms with Crippen LogP contribution in [0.25, 0.3) is 0 Å². The molecule has 0 fully saturated rings. The topological polar surface area (TPSA) is 98.7 Å². The molecule has 2 aromatic rings. The minimum absolute atomic E-state index is 0. The van der Waals surface area contributed by atoms with E-state index in [0.29, 0.717) is 10.9 Å². The molecule has 23 heavy (non-hydrogen) atoms. The summed E-state index contributed by atoms with van der Waals surface area (Å²) in [6.45, 7) is 1.47. The first-order valence-corrected chi connectivity index (χ1v) is 9.24. The Morgan fingerprint density at radius 3 is 2.74 bits per heavy atom. The maximum atomic E-state index is 11.1. The molecule has 0 saturated heterocycles. The minimum Gasteiger partial charge on any atom is -0.302 e. The lowest BCUT2D eigenvalue weighted by Gasteiger charge is -1.96. The zero-order valence-electron chi connectivity index (χ0n) is 12.5. The van der Waals surface area contributed by atoms with Crippen LogP contribution in [-0.2, 0) is 23.4 Å². The molecule has 6 nitrogen and oxygen atoms in total. The van der Waals surface area contributed by atoms with Crippen molar-refractivity contribution in [3.63, 3.8) is 0 Å². The molecular weight excluding hydrogens is 376 g/mol. The van der Waals surface area contributed by atoms with Crippen LogP contribution in [0.15, 0.2) is 17.5 Å². The van der Waals surface area contributed by atoms with Crippen molar-refractivity contribution in [1.29, 1.82) is 0 Å². The number of rotatable bonds is 6. The van der Waals surface area contributed by atoms with Crippen LogP contribution < -0.4 is 16.6 Å². The molecule has 0 radical (unpaired) electrons. The van der Waals surface area contributed by atoms with Crippen molar-refractivity contribution in [1.82, 2.24) is 10.4 Å². The zero-order valence-corrected chi connectivity index (χ0v) is 15.7. The molecule has 2 rings (SSSR count). The summed E-state index contributed by atoms with van der Waals surface area (Å²) in [6.07, 6.45) is 1.74. The summed E-state index contributed by atoms with van der Waals surface area (Å²) >= 11 is 4.36. The zero-order chi connectivity index (χ0) is 15.9. The number of nitrogens with one attached hydrogen (secondary N) is 2. The molecule has 0 unspecified atom stereocenters. The molecule has 2 aromatic heterocycles. The Balaban J connectivity index is 0.00000264. The Labute approximate surface area is 152 Å². The van der Waals surface area contributed by atoms with Crippen molar-refractivity contribution < 1.29 is 15.4 Å². The summed E-state index contributed by atoms with van der Waals surface area (Å²) in [7, 11) is 0. The fraction of sp³-hybridized carbons (Fsp3) is 0.308. The van der Waals surface area contributed by atoms with Gasteiger partial charge in [-0.1, -0.05) is 11.8 Å². The SMILES string of the molecule is CC(=O)Nc1nc(CCc2ccc(CSC(=O)N[NH3+])s2)cs1.Cl. The Bertz CT molecular complexity index is 659. The van der Waals surface area contributed by atoms with Crippen molar-refractivity contribution in [2.75, 3.05) is 5.32 Å². The van der Waals surface area contributed by atoms with E-state index in [0.717, 1.165) is 18.5 Å². The predicted octanol–water partition coefficient (Wildman–Crippen LogP) is 2.47. The largest absolute Gasteiger partial charge is 0.323 e. The summed E-state index contributed by atoms with van der Waals surface area (Å²) in [5.74, 6) is 3.89. The third kappa shape index (κ3) is 6.88. The van der Waals surface area contributed by atoms with E-state index in [4.69, 9.17) is 0 Å². The van der Waals surface area contributed by atoms with Crippen LogP contribution in [0.5, 0.6) is 0 Å². The van der Waals surface area contributed by atoms with Gasteiger partial charge in [0.15, 0.2) is 5.13 Å². The first-order chi connectivity index (χ1) is 10.6. The van der Waals surface area contributed by atoms with Gasteiger partial charge in [-0.05, 0) is 25.0 Å². The van der Waals surface area contributed by atoms with Crippen LogP contribution in [0.3, 0.4) is 0 Å². The molecule has 2 heterocycles. The van der Waals surface area contributed by atoms with Crippen LogP contribution in [0.1, 0.15) is 22.4 Å². The van der Waals surface area contributed by atoms with E-state index in [1.807, 2.05) is 11.4 Å². The van der Waals surface area contributed by atoms with Crippen molar-refractivity contribution in [2.24, 2.45) is 0 Å². The molecule has 0 atom stereocenters. The number of thioether (sulfide) groups is 1. The van der Waals surface area contributed by atoms with Gasteiger partial charge in [-0.25, -0.2) is 4.98 Å². The van der Waals surface area contributed by atoms with E-state index < -0.39 is 0 Å². The van der Waals surface area contributed by atoms with Crippen molar-refractivity contribution >= 4 is 63.1 Å². The molecule has 126 valence electrons. The second-order valence-corrected chi connectivity index (χ2v) is 7.51. The van der Waals surface area contributed by atoms with Gasteiger partial charge in [-0.2, -0.15) is 5.43 Å². The number of thiazole rings is 1. The van der Waals surface area contributed by atoms with Crippen LogP contribution >= 0.6 is 46.8 Å². The Kier molecular flexibility index (Phi) is 8.56. The lowest BCUT2D eigenvalue weighted by atomic mass is 10.2. The molecule has 0 aliphatic carbocycles. The van der Waals surface area contributed by atoms with Gasteiger partial charge in [0.05, 0.1) is 5.69 Å². The number of hydrogen-bond donors (Lipinski definition) is 3. The normalized spacial score (nSPS) is 10.0. The van der Waals surface area contributed by atoms with Gasteiger partial charge >= 0.3 is 5.24 Å². The Hall–Kier alpha value is -1.13. The maximum absolute atomic E-state index is 11.1. The maximum Gasteiger partial charge on any atom is 0.323 e. The quantitative estimate of drug-likeness (QED) is 0.656. The first-order valence-electron chi connectivity index (χ1n) is 6.56. The van der Waals surface area contributed by atoms with E-state index in [1.54, 1.807) is 11.3 Å². The Morgan fingerprint density at radius 1 is 1.30 bits per heavy atom. The summed E-state index contributed by atoms with van der Waals surface area (Å²) in [5.41, 5.74) is 3.33. The molecule has 0 saturated carbocycles. The second kappa shape index (κ2) is 9.89. The highest BCUT2D eigenvalue weighted by atomic mass is 35.5. The lowest BCUT2D eigenvalue weighted by molar-refractivity contribution is -0.420. The number of hydrogen-bond acceptors (Lipinski definition) is 6. The summed E-state index contributed by atoms with van der Waals surface area (Å²) < 4.78 is 0. The number of aromatic nitrogens is 1. The fourth-order valence-electron chi connectivity index (χ4n) is 1.70. The summed E-state index contributed by atoms with van der Waals surface area (Å²) in [6, 6.07) is 4.14. The summed E-state index contributed by atoms with van der Waals surface area (Å²) in [5, 5.41) is 5.17. The van der Waals surface area contributed by atoms with Gasteiger partial charge in [0.25, 0.3) is 0 Å². The number of aryl methyl sites for hydroxylation is 2. The molecule has 0 aromatic carbocycles. The van der Waals surface area contributed by atoms with Gasteiger partial charge in [0.2, 0.25) is 5.91 Å². The van der Waals surface area contributed by atoms with E-state index in [9.17, 15) is 9.59 Å². The van der Waals surface area contributed by atoms with Crippen LogP contribution in [-0.4, -0.2) is 16.1 Å². The number of carbonyl (C=O) groups is 2. The van der Waals surface area contributed by atoms with Crippen LogP contribution in [0, 0.1) is 0 Å². The minimum atomic E-state index is -0.122. The highest BCUT2D eigenvalue weighted by Crippen LogP contribution is 2.24. The molecule has 10 heteroatoms. The third-order valence-electron chi connectivity index (χ3n) is 2.67. The highest BCUT2D eigenvalue weighted by Gasteiger charge is 2.07. The average Bonchev–Trinajstić information content (AvgIpc) is 3.11. The average molecular weight is 394 g/mol. The number of thiophene rings is 1. The van der Waals surface area contributed by atoms with Crippen LogP contribution in [0.2, 0.25) is 0 Å². The number of nitrogens with zero attached hydrogens (tertiary/aromatic N) is 1. The Morgan fingerprint density at radius 2 is 2.04 bits per heavy atom. The van der Waals surface area contributed by atoms with Crippen molar-refractivity contribution in [3.8, 4) is 0 Å². The monoisotopic (exact) mass is 393 g/mol. The summed E-state index contributed by atoms with van der Waals surface area (Å²) in [4.78, 5) is 28.9. The number of amides is 2. The van der Waals surface area contributed by atoms with E-state index in [-0.39, 0.29) is 23.6 Å². The number of anilines is 1. The second-order valence-electron chi connectivity index (χ2n) is 4.45. The van der Waals surface area contributed by atoms with Gasteiger partial charge in [0.1, 0.15) is 0 Å². The number of halogens is 1. The van der Waals surface area contributed by atoms with Crippen LogP contribution in [0.4, 0.5) is 9.93 Å². The third-order valence-corrected chi connectivity index (χ3v) is 5.67. The molecule has 0 spiro atoms. The van der Waals surface area contributed by atoms with Crippen molar-refractivity contribution in [2.45, 2.75) is 25.5 Å². The molecule has 0 bridgehead atoms. The van der Waals surface area contributed by atoms with Crippen molar-refractivity contribution in [3.05, 3.63) is 33.0 Å². The van der Waals surface area contributed by atoms with Gasteiger partial charge < -0.3 is 5.32 Å². The van der Waals surface area contributed by atoms with E-state index >= 15 is 0 Å². The lowest BCUT2D eigenvalue weighted by Crippen LogP contribution is -2.66. The first kappa shape index (κ1) is 19.9. The van der Waals surface area contributed by atoms with Gasteiger partial charge in [-0.3, -0.25) is 15.4 Å². The molecule has 0 aliphatic heterocycles. The standard InChI is InChI=1S/C13H16N4O2S3.ClH/c1-8(18)15-12-16-9(6-20-12)2-3-10-4-5-11(22-10)7-21-13(19)17-14;/h4-6H,2-3,7,14H2,1H3,(H,17,19)(H,15,16,18);1H/p+1. The molecular formula is C13H18ClN4O2S3+. The van der Waals surface area contributed by atoms with E-state index in [2.05, 4.69) is 27.6 Å². The van der Waals surface area contributed by atoms with E-state index in [1.165, 1.54) is 39.8 Å². The smallest absolute Gasteiger partial charge is 0.302 e. The molecule has 0 aliphatic rings. The van der Waals surface area contributed by atoms with Gasteiger partial charge in [-0.15, -0.1) is 35.1 Å². The number of quaternary nitrogens is 1. The molecule has 5 N–H and O–H groups in total.